The molecule has 0 aliphatic rings. The van der Waals surface area contributed by atoms with Crippen molar-refractivity contribution in [2.24, 2.45) is 5.92 Å². The van der Waals surface area contributed by atoms with Gasteiger partial charge >= 0.3 is 0 Å². The standard InChI is InChI=1S/C16H25N5O2/c1-9(2)8-14-18-16(23-21-14)12(5)17-15(22)7-6-13-10(3)11(4)19-20-13/h9,12H,6-8H2,1-5H3,(H,17,22)(H,19,20)/t12-/m1/s1. The van der Waals surface area contributed by atoms with Gasteiger partial charge < -0.3 is 9.84 Å². The largest absolute Gasteiger partial charge is 0.345 e. The summed E-state index contributed by atoms with van der Waals surface area (Å²) in [5.74, 6) is 1.53. The molecule has 0 saturated heterocycles. The molecule has 2 rings (SSSR count). The first-order chi connectivity index (χ1) is 10.9. The van der Waals surface area contributed by atoms with Gasteiger partial charge in [-0.15, -0.1) is 0 Å². The summed E-state index contributed by atoms with van der Waals surface area (Å²) >= 11 is 0. The lowest BCUT2D eigenvalue weighted by Crippen LogP contribution is -2.27. The summed E-state index contributed by atoms with van der Waals surface area (Å²) in [6.07, 6.45) is 1.75. The molecule has 1 atom stereocenters. The van der Waals surface area contributed by atoms with Gasteiger partial charge in [0.1, 0.15) is 6.04 Å². The zero-order chi connectivity index (χ0) is 17.0. The zero-order valence-electron chi connectivity index (χ0n) is 14.4. The molecule has 23 heavy (non-hydrogen) atoms. The van der Waals surface area contributed by atoms with Crippen LogP contribution in [0.15, 0.2) is 4.52 Å². The number of aromatic amines is 1. The monoisotopic (exact) mass is 319 g/mol. The summed E-state index contributed by atoms with van der Waals surface area (Å²) in [5, 5.41) is 14.0. The second kappa shape index (κ2) is 7.39. The van der Waals surface area contributed by atoms with Gasteiger partial charge in [0.15, 0.2) is 5.82 Å². The minimum Gasteiger partial charge on any atom is -0.345 e. The number of hydrogen-bond donors (Lipinski definition) is 2. The fourth-order valence-electron chi connectivity index (χ4n) is 2.28. The maximum Gasteiger partial charge on any atom is 0.248 e. The predicted octanol–water partition coefficient (Wildman–Crippen LogP) is 2.42. The van der Waals surface area contributed by atoms with E-state index < -0.39 is 0 Å². The highest BCUT2D eigenvalue weighted by Crippen LogP contribution is 2.13. The third kappa shape index (κ3) is 4.64. The van der Waals surface area contributed by atoms with Crippen LogP contribution in [0.5, 0.6) is 0 Å². The van der Waals surface area contributed by atoms with Crippen LogP contribution in [-0.2, 0) is 17.6 Å². The van der Waals surface area contributed by atoms with Crippen molar-refractivity contribution in [2.45, 2.75) is 59.9 Å². The van der Waals surface area contributed by atoms with Gasteiger partial charge in [-0.3, -0.25) is 9.89 Å². The summed E-state index contributed by atoms with van der Waals surface area (Å²) in [6.45, 7) is 10.0. The van der Waals surface area contributed by atoms with Crippen molar-refractivity contribution in [3.8, 4) is 0 Å². The molecule has 0 saturated carbocycles. The molecule has 0 fully saturated rings. The van der Waals surface area contributed by atoms with Gasteiger partial charge in [0.25, 0.3) is 0 Å². The van der Waals surface area contributed by atoms with Gasteiger partial charge in [0, 0.05) is 25.0 Å². The third-order valence-corrected chi connectivity index (χ3v) is 3.77. The average Bonchev–Trinajstić information content (AvgIpc) is 3.05. The van der Waals surface area contributed by atoms with E-state index in [1.165, 1.54) is 0 Å². The molecule has 0 aliphatic carbocycles. The number of amides is 1. The van der Waals surface area contributed by atoms with Gasteiger partial charge in [-0.05, 0) is 32.3 Å². The average molecular weight is 319 g/mol. The Morgan fingerprint density at radius 3 is 2.65 bits per heavy atom. The highest BCUT2D eigenvalue weighted by atomic mass is 16.5. The highest BCUT2D eigenvalue weighted by molar-refractivity contribution is 5.76. The number of nitrogens with one attached hydrogen (secondary N) is 2. The number of carbonyl (C=O) groups is 1. The van der Waals surface area contributed by atoms with Crippen LogP contribution in [0.4, 0.5) is 0 Å². The summed E-state index contributed by atoms with van der Waals surface area (Å²) < 4.78 is 5.22. The molecule has 2 aromatic rings. The van der Waals surface area contributed by atoms with E-state index in [-0.39, 0.29) is 11.9 Å². The van der Waals surface area contributed by atoms with Crippen molar-refractivity contribution in [2.75, 3.05) is 0 Å². The second-order valence-electron chi connectivity index (χ2n) is 6.36. The number of aromatic nitrogens is 4. The Kier molecular flexibility index (Phi) is 5.52. The summed E-state index contributed by atoms with van der Waals surface area (Å²) in [4.78, 5) is 16.4. The maximum atomic E-state index is 12.1. The van der Waals surface area contributed by atoms with Gasteiger partial charge in [-0.25, -0.2) is 0 Å². The molecule has 2 heterocycles. The highest BCUT2D eigenvalue weighted by Gasteiger charge is 2.17. The van der Waals surface area contributed by atoms with Crippen molar-refractivity contribution in [1.82, 2.24) is 25.7 Å². The van der Waals surface area contributed by atoms with Crippen LogP contribution in [0.3, 0.4) is 0 Å². The number of aryl methyl sites for hydroxylation is 2. The molecular formula is C16H25N5O2. The smallest absolute Gasteiger partial charge is 0.248 e. The van der Waals surface area contributed by atoms with E-state index >= 15 is 0 Å². The van der Waals surface area contributed by atoms with Crippen LogP contribution in [0, 0.1) is 19.8 Å². The van der Waals surface area contributed by atoms with Crippen LogP contribution in [0.2, 0.25) is 0 Å². The fourth-order valence-corrected chi connectivity index (χ4v) is 2.28. The molecule has 2 aromatic heterocycles. The van der Waals surface area contributed by atoms with E-state index in [0.29, 0.717) is 30.5 Å². The van der Waals surface area contributed by atoms with E-state index in [1.807, 2.05) is 20.8 Å². The maximum absolute atomic E-state index is 12.1. The molecular weight excluding hydrogens is 294 g/mol. The Bertz CT molecular complexity index is 659. The van der Waals surface area contributed by atoms with Crippen LogP contribution >= 0.6 is 0 Å². The van der Waals surface area contributed by atoms with E-state index in [1.54, 1.807) is 0 Å². The molecule has 0 radical (unpaired) electrons. The number of hydrogen-bond acceptors (Lipinski definition) is 5. The van der Waals surface area contributed by atoms with Crippen molar-refractivity contribution in [1.29, 1.82) is 0 Å². The number of nitrogens with zero attached hydrogens (tertiary/aromatic N) is 3. The van der Waals surface area contributed by atoms with E-state index in [4.69, 9.17) is 4.52 Å². The number of H-pyrrole nitrogens is 1. The van der Waals surface area contributed by atoms with Crippen LogP contribution in [0.25, 0.3) is 0 Å². The first-order valence-electron chi connectivity index (χ1n) is 7.99. The van der Waals surface area contributed by atoms with Crippen molar-refractivity contribution in [3.63, 3.8) is 0 Å². The molecule has 126 valence electrons. The van der Waals surface area contributed by atoms with E-state index in [9.17, 15) is 4.79 Å². The molecule has 1 amide bonds. The van der Waals surface area contributed by atoms with Gasteiger partial charge in [0.2, 0.25) is 11.8 Å². The Morgan fingerprint density at radius 1 is 1.30 bits per heavy atom. The molecule has 0 aromatic carbocycles. The Morgan fingerprint density at radius 2 is 2.04 bits per heavy atom. The molecule has 7 heteroatoms. The minimum absolute atomic E-state index is 0.0545. The second-order valence-corrected chi connectivity index (χ2v) is 6.36. The molecule has 0 bridgehead atoms. The van der Waals surface area contributed by atoms with Gasteiger partial charge in [0.05, 0.1) is 5.69 Å². The minimum atomic E-state index is -0.294. The van der Waals surface area contributed by atoms with E-state index in [2.05, 4.69) is 39.5 Å². The lowest BCUT2D eigenvalue weighted by Gasteiger charge is -2.09. The van der Waals surface area contributed by atoms with Crippen molar-refractivity contribution >= 4 is 5.91 Å². The fraction of sp³-hybridized carbons (Fsp3) is 0.625. The molecule has 0 aliphatic heterocycles. The Labute approximate surface area is 136 Å². The SMILES string of the molecule is Cc1[nH]nc(CCC(=O)N[C@H](C)c2nc(CC(C)C)no2)c1C. The van der Waals surface area contributed by atoms with Crippen molar-refractivity contribution in [3.05, 3.63) is 28.7 Å². The molecule has 2 N–H and O–H groups in total. The molecule has 0 unspecified atom stereocenters. The van der Waals surface area contributed by atoms with Gasteiger partial charge in [-0.2, -0.15) is 10.1 Å². The zero-order valence-corrected chi connectivity index (χ0v) is 14.4. The number of carbonyl (C=O) groups excluding carboxylic acids is 1. The Hall–Kier alpha value is -2.18. The number of rotatable bonds is 7. The normalized spacial score (nSPS) is 12.6. The third-order valence-electron chi connectivity index (χ3n) is 3.77. The van der Waals surface area contributed by atoms with Crippen LogP contribution in [-0.4, -0.2) is 26.2 Å². The topological polar surface area (TPSA) is 96.7 Å². The molecule has 0 spiro atoms. The lowest BCUT2D eigenvalue weighted by molar-refractivity contribution is -0.121. The lowest BCUT2D eigenvalue weighted by atomic mass is 10.1. The summed E-state index contributed by atoms with van der Waals surface area (Å²) in [7, 11) is 0. The van der Waals surface area contributed by atoms with Crippen LogP contribution < -0.4 is 5.32 Å². The Balaban J connectivity index is 1.84. The van der Waals surface area contributed by atoms with Gasteiger partial charge in [-0.1, -0.05) is 19.0 Å². The van der Waals surface area contributed by atoms with E-state index in [0.717, 1.165) is 23.4 Å². The summed E-state index contributed by atoms with van der Waals surface area (Å²) in [5.41, 5.74) is 3.08. The molecule has 7 nitrogen and oxygen atoms in total. The van der Waals surface area contributed by atoms with Crippen molar-refractivity contribution < 1.29 is 9.32 Å². The summed E-state index contributed by atoms with van der Waals surface area (Å²) in [6, 6.07) is -0.294. The van der Waals surface area contributed by atoms with Crippen LogP contribution in [0.1, 0.15) is 61.9 Å². The first kappa shape index (κ1) is 17.2. The predicted molar refractivity (Wildman–Crippen MR) is 85.8 cm³/mol. The quantitative estimate of drug-likeness (QED) is 0.817. The first-order valence-corrected chi connectivity index (χ1v) is 7.99.